The van der Waals surface area contributed by atoms with E-state index < -0.39 is 0 Å². The first-order valence-electron chi connectivity index (χ1n) is 6.52. The third kappa shape index (κ3) is 3.29. The third-order valence-electron chi connectivity index (χ3n) is 3.09. The molecule has 5 heteroatoms. The fourth-order valence-corrected chi connectivity index (χ4v) is 3.03. The van der Waals surface area contributed by atoms with Crippen LogP contribution in [0.15, 0.2) is 5.38 Å². The van der Waals surface area contributed by atoms with Crippen molar-refractivity contribution in [1.29, 1.82) is 0 Å². The zero-order chi connectivity index (χ0) is 13.1. The molecular weight excluding hydrogens is 246 g/mol. The predicted molar refractivity (Wildman–Crippen MR) is 73.8 cm³/mol. The lowest BCUT2D eigenvalue weighted by Gasteiger charge is -2.17. The minimum absolute atomic E-state index is 0.0167. The summed E-state index contributed by atoms with van der Waals surface area (Å²) >= 11 is 1.68. The lowest BCUT2D eigenvalue weighted by molar-refractivity contribution is -0.129. The first-order valence-corrected chi connectivity index (χ1v) is 7.40. The lowest BCUT2D eigenvalue weighted by Crippen LogP contribution is -2.41. The number of carbonyl (C=O) groups is 1. The number of thiazole rings is 1. The highest BCUT2D eigenvalue weighted by Crippen LogP contribution is 2.15. The van der Waals surface area contributed by atoms with Gasteiger partial charge in [-0.05, 0) is 13.3 Å². The molecule has 0 aromatic carbocycles. The van der Waals surface area contributed by atoms with Gasteiger partial charge in [-0.2, -0.15) is 0 Å². The van der Waals surface area contributed by atoms with Crippen LogP contribution in [0.25, 0.3) is 0 Å². The van der Waals surface area contributed by atoms with E-state index in [1.165, 1.54) is 0 Å². The fourth-order valence-electron chi connectivity index (χ4n) is 2.27. The highest BCUT2D eigenvalue weighted by Gasteiger charge is 2.31. The Bertz CT molecular complexity index is 416. The number of aromatic nitrogens is 1. The molecule has 1 fully saturated rings. The topological polar surface area (TPSA) is 45.2 Å². The predicted octanol–water partition coefficient (Wildman–Crippen LogP) is 1.59. The van der Waals surface area contributed by atoms with E-state index in [9.17, 15) is 4.79 Å². The van der Waals surface area contributed by atoms with Crippen molar-refractivity contribution in [3.63, 3.8) is 0 Å². The minimum atomic E-state index is 0.0167. The Balaban J connectivity index is 1.82. The molecule has 18 heavy (non-hydrogen) atoms. The van der Waals surface area contributed by atoms with Gasteiger partial charge in [0, 0.05) is 36.6 Å². The van der Waals surface area contributed by atoms with Crippen LogP contribution < -0.4 is 5.32 Å². The van der Waals surface area contributed by atoms with Gasteiger partial charge in [0.2, 0.25) is 5.91 Å². The molecule has 0 aliphatic carbocycles. The summed E-state index contributed by atoms with van der Waals surface area (Å²) in [5.74, 6) is 0.247. The molecule has 0 saturated carbocycles. The van der Waals surface area contributed by atoms with Crippen LogP contribution in [0.2, 0.25) is 0 Å². The van der Waals surface area contributed by atoms with Crippen molar-refractivity contribution >= 4 is 17.2 Å². The number of hydrogen-bond donors (Lipinski definition) is 1. The van der Waals surface area contributed by atoms with Gasteiger partial charge in [0.1, 0.15) is 0 Å². The van der Waals surface area contributed by atoms with Crippen LogP contribution in [0.3, 0.4) is 0 Å². The van der Waals surface area contributed by atoms with Crippen LogP contribution in [0, 0.1) is 6.92 Å². The number of carbonyl (C=O) groups excluding carboxylic acids is 1. The van der Waals surface area contributed by atoms with Crippen LogP contribution in [0.4, 0.5) is 0 Å². The molecule has 1 N–H and O–H groups in total. The molecule has 1 saturated heterocycles. The molecule has 1 atom stereocenters. The SMILES string of the molecule is Cc1csc(CCN2CCC(NC(C)C)C2=O)n1. The summed E-state index contributed by atoms with van der Waals surface area (Å²) in [6, 6.07) is 0.378. The van der Waals surface area contributed by atoms with Crippen molar-refractivity contribution in [2.24, 2.45) is 0 Å². The van der Waals surface area contributed by atoms with Crippen molar-refractivity contribution in [3.05, 3.63) is 16.1 Å². The largest absolute Gasteiger partial charge is 0.341 e. The van der Waals surface area contributed by atoms with Crippen LogP contribution in [-0.4, -0.2) is 41.0 Å². The Hall–Kier alpha value is -0.940. The van der Waals surface area contributed by atoms with Gasteiger partial charge < -0.3 is 10.2 Å². The molecule has 1 aromatic rings. The number of nitrogens with zero attached hydrogens (tertiary/aromatic N) is 2. The normalized spacial score (nSPS) is 20.1. The van der Waals surface area contributed by atoms with Gasteiger partial charge in [-0.3, -0.25) is 4.79 Å². The average Bonchev–Trinajstić information content (AvgIpc) is 2.85. The molecule has 1 unspecified atom stereocenters. The monoisotopic (exact) mass is 267 g/mol. The van der Waals surface area contributed by atoms with Gasteiger partial charge in [0.15, 0.2) is 0 Å². The highest BCUT2D eigenvalue weighted by molar-refractivity contribution is 7.09. The molecule has 2 rings (SSSR count). The van der Waals surface area contributed by atoms with E-state index >= 15 is 0 Å². The average molecular weight is 267 g/mol. The zero-order valence-corrected chi connectivity index (χ0v) is 12.1. The number of nitrogens with one attached hydrogen (secondary N) is 1. The van der Waals surface area contributed by atoms with Crippen molar-refractivity contribution in [1.82, 2.24) is 15.2 Å². The highest BCUT2D eigenvalue weighted by atomic mass is 32.1. The molecule has 1 aliphatic heterocycles. The summed E-state index contributed by atoms with van der Waals surface area (Å²) < 4.78 is 0. The molecule has 1 aromatic heterocycles. The number of hydrogen-bond acceptors (Lipinski definition) is 4. The summed E-state index contributed by atoms with van der Waals surface area (Å²) in [5.41, 5.74) is 1.07. The van der Waals surface area contributed by atoms with E-state index in [0.717, 1.165) is 36.6 Å². The summed E-state index contributed by atoms with van der Waals surface area (Å²) in [7, 11) is 0. The Morgan fingerprint density at radius 2 is 2.39 bits per heavy atom. The van der Waals surface area contributed by atoms with Gasteiger partial charge in [0.25, 0.3) is 0 Å². The van der Waals surface area contributed by atoms with E-state index in [0.29, 0.717) is 6.04 Å². The van der Waals surface area contributed by atoms with Crippen LogP contribution in [0.1, 0.15) is 31.0 Å². The molecular formula is C13H21N3OS. The molecule has 1 aliphatic rings. The van der Waals surface area contributed by atoms with Crippen molar-refractivity contribution in [2.45, 2.75) is 45.7 Å². The number of amides is 1. The van der Waals surface area contributed by atoms with Gasteiger partial charge >= 0.3 is 0 Å². The quantitative estimate of drug-likeness (QED) is 0.881. The Kier molecular flexibility index (Phi) is 4.35. The van der Waals surface area contributed by atoms with Crippen molar-refractivity contribution in [2.75, 3.05) is 13.1 Å². The van der Waals surface area contributed by atoms with E-state index in [2.05, 4.69) is 29.5 Å². The molecule has 2 heterocycles. The number of aryl methyl sites for hydroxylation is 1. The van der Waals surface area contributed by atoms with Gasteiger partial charge in [0.05, 0.1) is 11.0 Å². The van der Waals surface area contributed by atoms with Crippen molar-refractivity contribution < 1.29 is 4.79 Å². The minimum Gasteiger partial charge on any atom is -0.341 e. The first-order chi connectivity index (χ1) is 8.56. The maximum absolute atomic E-state index is 12.1. The van der Waals surface area contributed by atoms with Crippen LogP contribution in [0.5, 0.6) is 0 Å². The molecule has 100 valence electrons. The molecule has 0 spiro atoms. The van der Waals surface area contributed by atoms with Crippen LogP contribution >= 0.6 is 11.3 Å². The maximum Gasteiger partial charge on any atom is 0.239 e. The summed E-state index contributed by atoms with van der Waals surface area (Å²) in [6.45, 7) is 7.82. The molecule has 0 bridgehead atoms. The maximum atomic E-state index is 12.1. The summed E-state index contributed by atoms with van der Waals surface area (Å²) in [6.07, 6.45) is 1.80. The van der Waals surface area contributed by atoms with Gasteiger partial charge in [-0.15, -0.1) is 11.3 Å². The number of rotatable bonds is 5. The summed E-state index contributed by atoms with van der Waals surface area (Å²) in [5, 5.41) is 6.50. The van der Waals surface area contributed by atoms with E-state index in [1.54, 1.807) is 11.3 Å². The smallest absolute Gasteiger partial charge is 0.239 e. The second-order valence-corrected chi connectivity index (χ2v) is 6.06. The molecule has 1 amide bonds. The zero-order valence-electron chi connectivity index (χ0n) is 11.3. The van der Waals surface area contributed by atoms with Crippen LogP contribution in [-0.2, 0) is 11.2 Å². The molecule has 4 nitrogen and oxygen atoms in total. The van der Waals surface area contributed by atoms with Crippen molar-refractivity contribution in [3.8, 4) is 0 Å². The Morgan fingerprint density at radius 1 is 1.61 bits per heavy atom. The van der Waals surface area contributed by atoms with E-state index in [-0.39, 0.29) is 11.9 Å². The second-order valence-electron chi connectivity index (χ2n) is 5.12. The van der Waals surface area contributed by atoms with E-state index in [1.807, 2.05) is 11.8 Å². The summed E-state index contributed by atoms with van der Waals surface area (Å²) in [4.78, 5) is 18.5. The van der Waals surface area contributed by atoms with E-state index in [4.69, 9.17) is 0 Å². The standard InChI is InChI=1S/C13H21N3OS/c1-9(2)14-11-4-6-16(13(11)17)7-5-12-15-10(3)8-18-12/h8-9,11,14H,4-7H2,1-3H3. The molecule has 0 radical (unpaired) electrons. The first kappa shape index (κ1) is 13.5. The number of likely N-dealkylation sites (tertiary alicyclic amines) is 1. The van der Waals surface area contributed by atoms with Gasteiger partial charge in [-0.25, -0.2) is 4.98 Å². The third-order valence-corrected chi connectivity index (χ3v) is 4.12. The second kappa shape index (κ2) is 5.80. The lowest BCUT2D eigenvalue weighted by atomic mass is 10.2. The fraction of sp³-hybridized carbons (Fsp3) is 0.692. The Labute approximate surface area is 112 Å². The van der Waals surface area contributed by atoms with Gasteiger partial charge in [-0.1, -0.05) is 13.8 Å². The Morgan fingerprint density at radius 3 is 3.00 bits per heavy atom.